The molecule has 0 fully saturated rings. The predicted molar refractivity (Wildman–Crippen MR) is 59.7 cm³/mol. The van der Waals surface area contributed by atoms with Crippen LogP contribution in [0.25, 0.3) is 6.08 Å². The number of ether oxygens (including phenoxy) is 1. The van der Waals surface area contributed by atoms with Crippen molar-refractivity contribution in [1.82, 2.24) is 0 Å². The third-order valence-electron chi connectivity index (χ3n) is 1.48. The van der Waals surface area contributed by atoms with Gasteiger partial charge in [-0.25, -0.2) is 4.79 Å². The predicted octanol–water partition coefficient (Wildman–Crippen LogP) is 2.88. The van der Waals surface area contributed by atoms with Crippen LogP contribution < -0.4 is 0 Å². The van der Waals surface area contributed by atoms with Gasteiger partial charge in [-0.2, -0.15) is 5.26 Å². The highest BCUT2D eigenvalue weighted by atomic mass is 79.9. The van der Waals surface area contributed by atoms with Crippen LogP contribution in [0.3, 0.4) is 0 Å². The second-order valence-corrected chi connectivity index (χ2v) is 4.01. The van der Waals surface area contributed by atoms with Crippen LogP contribution in [0.4, 0.5) is 0 Å². The van der Waals surface area contributed by atoms with Gasteiger partial charge in [-0.15, -0.1) is 0 Å². The SMILES string of the molecule is COC(=O)/C(C#N)=C/c1cc(Br)c(Br)o1. The normalized spacial score (nSPS) is 10.9. The molecule has 0 saturated carbocycles. The lowest BCUT2D eigenvalue weighted by molar-refractivity contribution is -0.135. The van der Waals surface area contributed by atoms with E-state index in [0.717, 1.165) is 0 Å². The standard InChI is InChI=1S/C9H5Br2NO3/c1-14-9(13)5(4-12)2-6-3-7(10)8(11)15-6/h2-3H,1H3/b5-2+. The van der Waals surface area contributed by atoms with E-state index in [0.29, 0.717) is 14.9 Å². The van der Waals surface area contributed by atoms with E-state index in [2.05, 4.69) is 36.6 Å². The van der Waals surface area contributed by atoms with Crippen molar-refractivity contribution < 1.29 is 13.9 Å². The van der Waals surface area contributed by atoms with Crippen molar-refractivity contribution in [2.75, 3.05) is 7.11 Å². The number of carbonyl (C=O) groups is 1. The fourth-order valence-corrected chi connectivity index (χ4v) is 1.43. The van der Waals surface area contributed by atoms with Gasteiger partial charge in [0.15, 0.2) is 4.67 Å². The molecular formula is C9H5Br2NO3. The highest BCUT2D eigenvalue weighted by Crippen LogP contribution is 2.27. The Morgan fingerprint density at radius 2 is 2.33 bits per heavy atom. The lowest BCUT2D eigenvalue weighted by Gasteiger charge is -1.93. The summed E-state index contributed by atoms with van der Waals surface area (Å²) in [5, 5.41) is 8.68. The van der Waals surface area contributed by atoms with E-state index < -0.39 is 5.97 Å². The molecule has 15 heavy (non-hydrogen) atoms. The van der Waals surface area contributed by atoms with Crippen LogP contribution in [0.2, 0.25) is 0 Å². The van der Waals surface area contributed by atoms with E-state index in [-0.39, 0.29) is 5.57 Å². The average Bonchev–Trinajstić information content (AvgIpc) is 2.53. The van der Waals surface area contributed by atoms with Crippen LogP contribution in [0.5, 0.6) is 0 Å². The van der Waals surface area contributed by atoms with E-state index >= 15 is 0 Å². The van der Waals surface area contributed by atoms with Gasteiger partial charge in [0.1, 0.15) is 17.4 Å². The molecule has 0 spiro atoms. The van der Waals surface area contributed by atoms with Gasteiger partial charge < -0.3 is 9.15 Å². The molecule has 1 heterocycles. The number of hydrogen-bond acceptors (Lipinski definition) is 4. The van der Waals surface area contributed by atoms with E-state index in [4.69, 9.17) is 9.68 Å². The number of halogens is 2. The molecule has 0 aliphatic rings. The summed E-state index contributed by atoms with van der Waals surface area (Å²) in [6, 6.07) is 3.36. The van der Waals surface area contributed by atoms with E-state index in [1.54, 1.807) is 12.1 Å². The lowest BCUT2D eigenvalue weighted by Crippen LogP contribution is -2.02. The second kappa shape index (κ2) is 5.14. The number of nitriles is 1. The number of carbonyl (C=O) groups excluding carboxylic acids is 1. The Morgan fingerprint density at radius 1 is 1.67 bits per heavy atom. The van der Waals surface area contributed by atoms with Crippen molar-refractivity contribution in [3.8, 4) is 6.07 Å². The zero-order valence-electron chi connectivity index (χ0n) is 7.58. The van der Waals surface area contributed by atoms with Crippen LogP contribution in [0.15, 0.2) is 25.2 Å². The van der Waals surface area contributed by atoms with Crippen LogP contribution >= 0.6 is 31.9 Å². The first kappa shape index (κ1) is 12.0. The largest absolute Gasteiger partial charge is 0.465 e. The number of hydrogen-bond donors (Lipinski definition) is 0. The topological polar surface area (TPSA) is 63.2 Å². The Bertz CT molecular complexity index is 437. The Balaban J connectivity index is 3.05. The van der Waals surface area contributed by atoms with Gasteiger partial charge in [0.05, 0.1) is 11.6 Å². The van der Waals surface area contributed by atoms with Crippen LogP contribution in [0.1, 0.15) is 5.76 Å². The lowest BCUT2D eigenvalue weighted by atomic mass is 10.2. The van der Waals surface area contributed by atoms with Crippen molar-refractivity contribution >= 4 is 43.9 Å². The van der Waals surface area contributed by atoms with Gasteiger partial charge >= 0.3 is 5.97 Å². The van der Waals surface area contributed by atoms with Crippen LogP contribution in [-0.4, -0.2) is 13.1 Å². The molecule has 0 aromatic carbocycles. The Hall–Kier alpha value is -1.06. The second-order valence-electron chi connectivity index (χ2n) is 2.43. The molecule has 0 atom stereocenters. The molecule has 1 rings (SSSR count). The van der Waals surface area contributed by atoms with Gasteiger partial charge in [-0.3, -0.25) is 0 Å². The Kier molecular flexibility index (Phi) is 4.12. The number of esters is 1. The van der Waals surface area contributed by atoms with Crippen molar-refractivity contribution in [3.05, 3.63) is 26.5 Å². The summed E-state index contributed by atoms with van der Waals surface area (Å²) in [7, 11) is 1.21. The molecule has 0 aliphatic carbocycles. The highest BCUT2D eigenvalue weighted by molar-refractivity contribution is 9.13. The molecule has 0 radical (unpaired) electrons. The first-order valence-corrected chi connectivity index (χ1v) is 5.32. The summed E-state index contributed by atoms with van der Waals surface area (Å²) < 4.78 is 10.8. The summed E-state index contributed by atoms with van der Waals surface area (Å²) in [6.07, 6.45) is 1.31. The van der Waals surface area contributed by atoms with Gasteiger partial charge in [0.2, 0.25) is 0 Å². The molecule has 0 amide bonds. The Labute approximate surface area is 103 Å². The van der Waals surface area contributed by atoms with Crippen molar-refractivity contribution in [2.45, 2.75) is 0 Å². The quantitative estimate of drug-likeness (QED) is 0.474. The molecule has 6 heteroatoms. The van der Waals surface area contributed by atoms with E-state index in [1.807, 2.05) is 0 Å². The molecule has 0 aliphatic heterocycles. The first-order chi connectivity index (χ1) is 7.08. The number of rotatable bonds is 2. The molecule has 4 nitrogen and oxygen atoms in total. The zero-order valence-corrected chi connectivity index (χ0v) is 10.8. The number of nitrogens with zero attached hydrogens (tertiary/aromatic N) is 1. The summed E-state index contributed by atoms with van der Waals surface area (Å²) in [5.74, 6) is -0.308. The van der Waals surface area contributed by atoms with Crippen molar-refractivity contribution in [3.63, 3.8) is 0 Å². The third-order valence-corrected chi connectivity index (χ3v) is 3.19. The highest BCUT2D eigenvalue weighted by Gasteiger charge is 2.11. The van der Waals surface area contributed by atoms with E-state index in [1.165, 1.54) is 13.2 Å². The summed E-state index contributed by atoms with van der Waals surface area (Å²) in [6.45, 7) is 0. The Morgan fingerprint density at radius 3 is 2.73 bits per heavy atom. The molecule has 0 unspecified atom stereocenters. The minimum Gasteiger partial charge on any atom is -0.465 e. The molecule has 78 valence electrons. The molecule has 1 aromatic rings. The van der Waals surface area contributed by atoms with Gasteiger partial charge in [0, 0.05) is 6.08 Å². The zero-order chi connectivity index (χ0) is 11.4. The number of furan rings is 1. The van der Waals surface area contributed by atoms with Gasteiger partial charge in [-0.05, 0) is 37.9 Å². The van der Waals surface area contributed by atoms with Crippen molar-refractivity contribution in [2.24, 2.45) is 0 Å². The molecular weight excluding hydrogens is 330 g/mol. The maximum atomic E-state index is 11.1. The average molecular weight is 335 g/mol. The summed E-state index contributed by atoms with van der Waals surface area (Å²) >= 11 is 6.35. The van der Waals surface area contributed by atoms with Crippen molar-refractivity contribution in [1.29, 1.82) is 5.26 Å². The van der Waals surface area contributed by atoms with Gasteiger partial charge in [0.25, 0.3) is 0 Å². The summed E-state index contributed by atoms with van der Waals surface area (Å²) in [5.41, 5.74) is -0.119. The minimum atomic E-state index is -0.693. The van der Waals surface area contributed by atoms with Crippen LogP contribution in [0, 0.1) is 11.3 Å². The fraction of sp³-hybridized carbons (Fsp3) is 0.111. The maximum Gasteiger partial charge on any atom is 0.348 e. The smallest absolute Gasteiger partial charge is 0.348 e. The molecule has 1 aromatic heterocycles. The first-order valence-electron chi connectivity index (χ1n) is 3.73. The number of methoxy groups -OCH3 is 1. The monoisotopic (exact) mass is 333 g/mol. The molecule has 0 bridgehead atoms. The fourth-order valence-electron chi connectivity index (χ4n) is 0.824. The molecule has 0 saturated heterocycles. The maximum absolute atomic E-state index is 11.1. The van der Waals surface area contributed by atoms with Crippen LogP contribution in [-0.2, 0) is 9.53 Å². The van der Waals surface area contributed by atoms with Gasteiger partial charge in [-0.1, -0.05) is 0 Å². The minimum absolute atomic E-state index is 0.119. The third kappa shape index (κ3) is 2.94. The molecule has 0 N–H and O–H groups in total. The summed E-state index contributed by atoms with van der Waals surface area (Å²) in [4.78, 5) is 11.1. The van der Waals surface area contributed by atoms with E-state index in [9.17, 15) is 4.79 Å².